The Balaban J connectivity index is 3.82. The molecular formula is Cl2FeN2O2. The van der Waals surface area contributed by atoms with Crippen LogP contribution in [0, 0.1) is 9.81 Å². The van der Waals surface area contributed by atoms with Crippen molar-refractivity contribution in [1.82, 2.24) is 0 Å². The third-order valence-corrected chi connectivity index (χ3v) is 1.45. The van der Waals surface area contributed by atoms with Crippen molar-refractivity contribution in [2.75, 3.05) is 0 Å². The second-order valence-electron chi connectivity index (χ2n) is 0.489. The molecule has 0 spiro atoms. The van der Waals surface area contributed by atoms with E-state index in [4.69, 9.17) is 20.2 Å². The molecule has 0 aromatic carbocycles. The minimum atomic E-state index is -3.44. The molecule has 44 valence electrons. The standard InChI is InChI=1S/2ClH.Fe.2NO/c;;;2*1-2/h2*1H;;;/q;;+4;2*-1/p-2. The predicted molar refractivity (Wildman–Crippen MR) is 23.3 cm³/mol. The molecule has 7 heavy (non-hydrogen) atoms. The molecule has 0 radical (unpaired) electrons. The Labute approximate surface area is 50.2 Å². The normalized spacial score (nSPS) is 12.9. The van der Waals surface area contributed by atoms with E-state index >= 15 is 0 Å². The number of halogens is 2. The van der Waals surface area contributed by atoms with Gasteiger partial charge in [-0.3, -0.25) is 0 Å². The average Bonchev–Trinajstić information content (AvgIpc) is 1.68. The summed E-state index contributed by atoms with van der Waals surface area (Å²) in [4.78, 5) is 18.6. The van der Waals surface area contributed by atoms with Gasteiger partial charge >= 0.3 is 49.9 Å². The van der Waals surface area contributed by atoms with Crippen molar-refractivity contribution in [3.8, 4) is 0 Å². The van der Waals surface area contributed by atoms with Gasteiger partial charge < -0.3 is 0 Å². The van der Waals surface area contributed by atoms with Crippen molar-refractivity contribution < 1.29 is 11.5 Å². The van der Waals surface area contributed by atoms with E-state index < -0.39 is 11.5 Å². The number of nitrogens with zero attached hydrogens (tertiary/aromatic N) is 2. The average molecular weight is 187 g/mol. The van der Waals surface area contributed by atoms with Crippen LogP contribution in [0.5, 0.6) is 0 Å². The molecule has 0 saturated heterocycles. The number of nitroso groups, excluding NO2 is 2. The van der Waals surface area contributed by atoms with Gasteiger partial charge in [0.15, 0.2) is 0 Å². The summed E-state index contributed by atoms with van der Waals surface area (Å²) in [6.07, 6.45) is 0. The van der Waals surface area contributed by atoms with E-state index in [2.05, 4.69) is 8.39 Å². The summed E-state index contributed by atoms with van der Waals surface area (Å²) in [6, 6.07) is 0. The van der Waals surface area contributed by atoms with Crippen molar-refractivity contribution in [1.29, 1.82) is 0 Å². The van der Waals surface area contributed by atoms with E-state index in [1.54, 1.807) is 0 Å². The second-order valence-corrected chi connectivity index (χ2v) is 5.65. The SMILES string of the molecule is O=[N][Fe]([Cl])([Cl])[N]=O. The second kappa shape index (κ2) is 2.57. The Morgan fingerprint density at radius 3 is 1.43 bits per heavy atom. The molecule has 4 nitrogen and oxygen atoms in total. The first-order chi connectivity index (χ1) is 3.12. The van der Waals surface area contributed by atoms with Crippen molar-refractivity contribution in [2.45, 2.75) is 0 Å². The van der Waals surface area contributed by atoms with Gasteiger partial charge in [0.25, 0.3) is 0 Å². The maximum atomic E-state index is 9.31. The topological polar surface area (TPSA) is 58.9 Å². The van der Waals surface area contributed by atoms with E-state index in [1.165, 1.54) is 0 Å². The molecule has 0 aliphatic rings. The summed E-state index contributed by atoms with van der Waals surface area (Å²) in [7, 11) is 9.67. The molecule has 0 aromatic heterocycles. The van der Waals surface area contributed by atoms with Gasteiger partial charge in [0.1, 0.15) is 0 Å². The zero-order valence-corrected chi connectivity index (χ0v) is 5.44. The van der Waals surface area contributed by atoms with Crippen LogP contribution < -0.4 is 0 Å². The Hall–Kier alpha value is 0.299. The Morgan fingerprint density at radius 2 is 1.43 bits per heavy atom. The summed E-state index contributed by atoms with van der Waals surface area (Å²) in [5.74, 6) is 0. The monoisotopic (exact) mass is 186 g/mol. The summed E-state index contributed by atoms with van der Waals surface area (Å²) < 4.78 is 4.13. The van der Waals surface area contributed by atoms with Crippen LogP contribution >= 0.6 is 20.2 Å². The number of rotatable bonds is 2. The van der Waals surface area contributed by atoms with Crippen molar-refractivity contribution in [3.63, 3.8) is 0 Å². The minimum absolute atomic E-state index is 2.07. The molecule has 0 amide bonds. The Kier molecular flexibility index (Phi) is 2.68. The van der Waals surface area contributed by atoms with E-state index in [1.807, 2.05) is 0 Å². The molecule has 0 heterocycles. The summed E-state index contributed by atoms with van der Waals surface area (Å²) >= 11 is -3.44. The molecule has 0 atom stereocenters. The van der Waals surface area contributed by atoms with Crippen LogP contribution in [0.15, 0.2) is 8.39 Å². The van der Waals surface area contributed by atoms with Gasteiger partial charge in [0, 0.05) is 0 Å². The van der Waals surface area contributed by atoms with Crippen LogP contribution in [0.25, 0.3) is 0 Å². The fourth-order valence-corrected chi connectivity index (χ4v) is 0.0486. The van der Waals surface area contributed by atoms with Gasteiger partial charge in [-0.1, -0.05) is 0 Å². The van der Waals surface area contributed by atoms with Crippen LogP contribution in [0.2, 0.25) is 0 Å². The molecule has 0 fully saturated rings. The number of hydrogen-bond acceptors (Lipinski definition) is 4. The molecule has 0 unspecified atom stereocenters. The third-order valence-electron chi connectivity index (χ3n) is 0.155. The molecule has 0 N–H and O–H groups in total. The van der Waals surface area contributed by atoms with Gasteiger partial charge in [-0.15, -0.1) is 0 Å². The van der Waals surface area contributed by atoms with Crippen LogP contribution in [0.4, 0.5) is 0 Å². The molecule has 0 aromatic rings. The third kappa shape index (κ3) is 2.93. The van der Waals surface area contributed by atoms with E-state index in [0.717, 1.165) is 0 Å². The number of hydrogen-bond donors (Lipinski definition) is 0. The van der Waals surface area contributed by atoms with Crippen molar-refractivity contribution >= 4 is 20.2 Å². The van der Waals surface area contributed by atoms with E-state index in [9.17, 15) is 9.81 Å². The molecule has 0 rings (SSSR count). The predicted octanol–water partition coefficient (Wildman–Crippen LogP) is 1.81. The summed E-state index contributed by atoms with van der Waals surface area (Å²) in [5, 5.41) is 0. The van der Waals surface area contributed by atoms with Gasteiger partial charge in [-0.05, 0) is 0 Å². The van der Waals surface area contributed by atoms with Gasteiger partial charge in [-0.2, -0.15) is 0 Å². The molecule has 0 aliphatic heterocycles. The van der Waals surface area contributed by atoms with Crippen molar-refractivity contribution in [3.05, 3.63) is 9.81 Å². The molecule has 7 heteroatoms. The van der Waals surface area contributed by atoms with E-state index in [0.29, 0.717) is 0 Å². The van der Waals surface area contributed by atoms with Crippen LogP contribution in [0.3, 0.4) is 0 Å². The zero-order valence-electron chi connectivity index (χ0n) is 2.82. The van der Waals surface area contributed by atoms with Gasteiger partial charge in [-0.25, -0.2) is 0 Å². The molecule has 0 aliphatic carbocycles. The fourth-order valence-electron chi connectivity index (χ4n) is 0.0118. The maximum absolute atomic E-state index is 9.31. The molecular weight excluding hydrogens is 187 g/mol. The van der Waals surface area contributed by atoms with E-state index in [-0.39, 0.29) is 0 Å². The van der Waals surface area contributed by atoms with Gasteiger partial charge in [0.2, 0.25) is 0 Å². The van der Waals surface area contributed by atoms with Crippen LogP contribution in [0.1, 0.15) is 0 Å². The quantitative estimate of drug-likeness (QED) is 0.488. The Bertz CT molecular complexity index is 81.7. The summed E-state index contributed by atoms with van der Waals surface area (Å²) in [5.41, 5.74) is 0. The van der Waals surface area contributed by atoms with Crippen molar-refractivity contribution in [2.24, 2.45) is 8.39 Å². The van der Waals surface area contributed by atoms with Crippen LogP contribution in [-0.2, 0) is 11.5 Å². The molecule has 0 saturated carbocycles. The van der Waals surface area contributed by atoms with Gasteiger partial charge in [0.05, 0.1) is 0 Å². The first-order valence-electron chi connectivity index (χ1n) is 0.949. The zero-order chi connectivity index (χ0) is 5.91. The fraction of sp³-hybridized carbons (Fsp3) is 0. The summed E-state index contributed by atoms with van der Waals surface area (Å²) in [6.45, 7) is 0. The Morgan fingerprint density at radius 1 is 1.14 bits per heavy atom. The molecule has 0 bridgehead atoms. The van der Waals surface area contributed by atoms with Crippen LogP contribution in [-0.4, -0.2) is 0 Å². The first-order valence-corrected chi connectivity index (χ1v) is 4.97. The first kappa shape index (κ1) is 7.30.